The van der Waals surface area contributed by atoms with Crippen LogP contribution in [0, 0.1) is 5.41 Å². The molecule has 0 aliphatic carbocycles. The Bertz CT molecular complexity index is 1080. The third-order valence-electron chi connectivity index (χ3n) is 6.06. The van der Waals surface area contributed by atoms with E-state index in [2.05, 4.69) is 0 Å². The van der Waals surface area contributed by atoms with Crippen LogP contribution in [0.25, 0.3) is 0 Å². The van der Waals surface area contributed by atoms with Gasteiger partial charge in [0.1, 0.15) is 6.17 Å². The molecule has 3 rings (SSSR count). The summed E-state index contributed by atoms with van der Waals surface area (Å²) in [7, 11) is 0.785. The number of carbonyl (C=O) groups excluding carboxylic acids is 1. The zero-order valence-electron chi connectivity index (χ0n) is 19.7. The number of hydrogen-bond acceptors (Lipinski definition) is 7. The first kappa shape index (κ1) is 25.8. The Morgan fingerprint density at radius 3 is 2.21 bits per heavy atom. The first-order valence-corrected chi connectivity index (χ1v) is 12.6. The second-order valence-corrected chi connectivity index (χ2v) is 9.86. The molecule has 0 N–H and O–H groups in total. The van der Waals surface area contributed by atoms with Gasteiger partial charge in [0.05, 0.1) is 39.6 Å². The van der Waals surface area contributed by atoms with Crippen LogP contribution in [-0.2, 0) is 25.6 Å². The summed E-state index contributed by atoms with van der Waals surface area (Å²) >= 11 is 0. The zero-order chi connectivity index (χ0) is 24.9. The number of methoxy groups -OCH3 is 3. The fourth-order valence-electron chi connectivity index (χ4n) is 4.37. The molecule has 0 radical (unpaired) electrons. The van der Waals surface area contributed by atoms with Gasteiger partial charge in [-0.3, -0.25) is 8.98 Å². The first-order valence-electron chi connectivity index (χ1n) is 10.8. The van der Waals surface area contributed by atoms with E-state index >= 15 is 4.39 Å². The van der Waals surface area contributed by atoms with Crippen molar-refractivity contribution in [2.75, 3.05) is 40.7 Å². The highest BCUT2D eigenvalue weighted by Crippen LogP contribution is 2.49. The Hall–Kier alpha value is -2.85. The van der Waals surface area contributed by atoms with Crippen LogP contribution >= 0.6 is 0 Å². The third kappa shape index (κ3) is 5.44. The normalized spacial score (nSPS) is 19.2. The molecular weight excluding hydrogens is 465 g/mol. The van der Waals surface area contributed by atoms with Gasteiger partial charge < -0.3 is 19.1 Å². The van der Waals surface area contributed by atoms with Crippen LogP contribution in [0.15, 0.2) is 42.5 Å². The minimum absolute atomic E-state index is 0.0687. The number of nitrogens with zero attached hydrogens (tertiary/aromatic N) is 1. The van der Waals surface area contributed by atoms with Crippen LogP contribution in [-0.4, -0.2) is 60.0 Å². The number of carbonyl (C=O) groups is 1. The maximum atomic E-state index is 15.9. The minimum atomic E-state index is -3.72. The molecule has 1 amide bonds. The summed E-state index contributed by atoms with van der Waals surface area (Å²) in [6.45, 7) is 0.225. The fourth-order valence-corrected chi connectivity index (χ4v) is 4.75. The monoisotopic (exact) mass is 495 g/mol. The van der Waals surface area contributed by atoms with Gasteiger partial charge in [-0.05, 0) is 36.1 Å². The van der Waals surface area contributed by atoms with Crippen LogP contribution in [0.3, 0.4) is 0 Å². The van der Waals surface area contributed by atoms with Crippen molar-refractivity contribution in [2.45, 2.75) is 25.6 Å². The van der Waals surface area contributed by atoms with E-state index in [0.29, 0.717) is 29.4 Å². The molecule has 2 atom stereocenters. The second-order valence-electron chi connectivity index (χ2n) is 8.22. The standard InChI is InChI=1S/C24H30FNO7S/c1-30-19-14-17(15-20(31-2)21(19)32-3)16-26-12-10-24(23(26)27,11-13-33-34(4,28)29)22(25)18-8-6-5-7-9-18/h5-9,14-15,22H,10-13,16H2,1-4H3. The zero-order valence-corrected chi connectivity index (χ0v) is 20.6. The predicted octanol–water partition coefficient (Wildman–Crippen LogP) is 3.51. The lowest BCUT2D eigenvalue weighted by Crippen LogP contribution is -2.38. The molecule has 34 heavy (non-hydrogen) atoms. The average Bonchev–Trinajstić information content (AvgIpc) is 3.13. The molecule has 10 heteroatoms. The molecule has 1 aliphatic heterocycles. The van der Waals surface area contributed by atoms with Crippen molar-refractivity contribution in [1.82, 2.24) is 4.90 Å². The fraction of sp³-hybridized carbons (Fsp3) is 0.458. The number of benzene rings is 2. The maximum Gasteiger partial charge on any atom is 0.264 e. The summed E-state index contributed by atoms with van der Waals surface area (Å²) in [6.07, 6.45) is -0.536. The van der Waals surface area contributed by atoms with Crippen molar-refractivity contribution in [3.8, 4) is 17.2 Å². The summed E-state index contributed by atoms with van der Waals surface area (Å²) in [4.78, 5) is 15.2. The third-order valence-corrected chi connectivity index (χ3v) is 6.66. The molecule has 1 saturated heterocycles. The molecule has 1 heterocycles. The largest absolute Gasteiger partial charge is 0.493 e. The van der Waals surface area contributed by atoms with E-state index in [9.17, 15) is 13.2 Å². The lowest BCUT2D eigenvalue weighted by molar-refractivity contribution is -0.141. The van der Waals surface area contributed by atoms with Gasteiger partial charge in [0.2, 0.25) is 11.7 Å². The van der Waals surface area contributed by atoms with E-state index in [1.165, 1.54) is 21.3 Å². The highest BCUT2D eigenvalue weighted by Gasteiger charge is 2.53. The number of hydrogen-bond donors (Lipinski definition) is 0. The van der Waals surface area contributed by atoms with Crippen molar-refractivity contribution < 1.29 is 36.0 Å². The number of halogens is 1. The van der Waals surface area contributed by atoms with Crippen molar-refractivity contribution in [3.63, 3.8) is 0 Å². The van der Waals surface area contributed by atoms with Crippen molar-refractivity contribution in [2.24, 2.45) is 5.41 Å². The van der Waals surface area contributed by atoms with Crippen LogP contribution < -0.4 is 14.2 Å². The summed E-state index contributed by atoms with van der Waals surface area (Å²) in [5.74, 6) is 0.935. The number of amides is 1. The van der Waals surface area contributed by atoms with E-state index in [4.69, 9.17) is 18.4 Å². The molecular formula is C24H30FNO7S. The number of rotatable bonds is 11. The SMILES string of the molecule is COc1cc(CN2CCC(CCOS(C)(=O)=O)(C(F)c3ccccc3)C2=O)cc(OC)c1OC. The number of likely N-dealkylation sites (tertiary alicyclic amines) is 1. The smallest absolute Gasteiger partial charge is 0.264 e. The Morgan fingerprint density at radius 1 is 1.06 bits per heavy atom. The van der Waals surface area contributed by atoms with Gasteiger partial charge in [-0.1, -0.05) is 30.3 Å². The van der Waals surface area contributed by atoms with Crippen molar-refractivity contribution in [1.29, 1.82) is 0 Å². The summed E-state index contributed by atoms with van der Waals surface area (Å²) in [5.41, 5.74) is -0.349. The van der Waals surface area contributed by atoms with Crippen molar-refractivity contribution in [3.05, 3.63) is 53.6 Å². The highest BCUT2D eigenvalue weighted by molar-refractivity contribution is 7.85. The van der Waals surface area contributed by atoms with Gasteiger partial charge in [-0.15, -0.1) is 0 Å². The van der Waals surface area contributed by atoms with Crippen LogP contribution in [0.1, 0.15) is 30.1 Å². The Morgan fingerprint density at radius 2 is 1.68 bits per heavy atom. The van der Waals surface area contributed by atoms with E-state index in [-0.39, 0.29) is 26.0 Å². The van der Waals surface area contributed by atoms with E-state index in [0.717, 1.165) is 11.8 Å². The Labute approximate surface area is 199 Å². The van der Waals surface area contributed by atoms with Crippen LogP contribution in [0.5, 0.6) is 17.2 Å². The Kier molecular flexibility index (Phi) is 8.04. The van der Waals surface area contributed by atoms with E-state index < -0.39 is 27.6 Å². The summed E-state index contributed by atoms with van der Waals surface area (Å²) in [6, 6.07) is 11.9. The molecule has 8 nitrogen and oxygen atoms in total. The predicted molar refractivity (Wildman–Crippen MR) is 124 cm³/mol. The van der Waals surface area contributed by atoms with Crippen molar-refractivity contribution >= 4 is 16.0 Å². The summed E-state index contributed by atoms with van der Waals surface area (Å²) in [5, 5.41) is 0. The van der Waals surface area contributed by atoms with Gasteiger partial charge >= 0.3 is 0 Å². The molecule has 0 saturated carbocycles. The number of alkyl halides is 1. The molecule has 2 aromatic carbocycles. The molecule has 2 unspecified atom stereocenters. The molecule has 1 fully saturated rings. The van der Waals surface area contributed by atoms with E-state index in [1.807, 2.05) is 0 Å². The van der Waals surface area contributed by atoms with Crippen LogP contribution in [0.4, 0.5) is 4.39 Å². The molecule has 2 aromatic rings. The lowest BCUT2D eigenvalue weighted by atomic mass is 9.76. The number of ether oxygens (including phenoxy) is 3. The van der Waals surface area contributed by atoms with Crippen LogP contribution in [0.2, 0.25) is 0 Å². The molecule has 0 aromatic heterocycles. The second kappa shape index (κ2) is 10.6. The molecule has 1 aliphatic rings. The molecule has 0 spiro atoms. The Balaban J connectivity index is 1.90. The summed E-state index contributed by atoms with van der Waals surface area (Å²) < 4.78 is 59.8. The van der Waals surface area contributed by atoms with Gasteiger partial charge in [-0.25, -0.2) is 4.39 Å². The molecule has 0 bridgehead atoms. The maximum absolute atomic E-state index is 15.9. The lowest BCUT2D eigenvalue weighted by Gasteiger charge is -2.31. The quantitative estimate of drug-likeness (QED) is 0.441. The topological polar surface area (TPSA) is 91.4 Å². The minimum Gasteiger partial charge on any atom is -0.493 e. The molecule has 186 valence electrons. The average molecular weight is 496 g/mol. The first-order chi connectivity index (χ1) is 16.1. The van der Waals surface area contributed by atoms with Gasteiger partial charge in [0, 0.05) is 13.1 Å². The van der Waals surface area contributed by atoms with Gasteiger partial charge in [0.25, 0.3) is 10.1 Å². The van der Waals surface area contributed by atoms with E-state index in [1.54, 1.807) is 47.4 Å². The van der Waals surface area contributed by atoms with Gasteiger partial charge in [-0.2, -0.15) is 8.42 Å². The van der Waals surface area contributed by atoms with Gasteiger partial charge in [0.15, 0.2) is 11.5 Å². The highest BCUT2D eigenvalue weighted by atomic mass is 32.2.